The second-order valence-corrected chi connectivity index (χ2v) is 7.91. The smallest absolute Gasteiger partial charge is 0.409 e. The number of carbonyl (C=O) groups is 1. The molecule has 1 aliphatic heterocycles. The molecule has 0 aromatic heterocycles. The van der Waals surface area contributed by atoms with Gasteiger partial charge in [-0.15, -0.1) is 0 Å². The van der Waals surface area contributed by atoms with Crippen LogP contribution in [0.5, 0.6) is 0 Å². The van der Waals surface area contributed by atoms with Gasteiger partial charge in [0.25, 0.3) is 0 Å². The number of aliphatic hydroxyl groups is 3. The average Bonchev–Trinajstić information content (AvgIpc) is 2.59. The molecule has 0 aromatic carbocycles. The fourth-order valence-electron chi connectivity index (χ4n) is 3.52. The van der Waals surface area contributed by atoms with Crippen molar-refractivity contribution in [3.05, 3.63) is 0 Å². The molecular weight excluding hydrogens is 364 g/mol. The van der Waals surface area contributed by atoms with Crippen LogP contribution >= 0.6 is 0 Å². The van der Waals surface area contributed by atoms with Crippen LogP contribution in [0.2, 0.25) is 0 Å². The van der Waals surface area contributed by atoms with Crippen LogP contribution in [-0.2, 0) is 4.74 Å². The SMILES string of the molecule is COC(=O)N1CCN(CC(C)O)CCN(CC(C)O)CCN(CC(C)O)CC1. The second kappa shape index (κ2) is 13.3. The molecular formula is C19H40N4O5. The third kappa shape index (κ3) is 10.5. The summed E-state index contributed by atoms with van der Waals surface area (Å²) in [6.45, 7) is 12.3. The van der Waals surface area contributed by atoms with Gasteiger partial charge in [-0.25, -0.2) is 4.79 Å². The number of rotatable bonds is 6. The van der Waals surface area contributed by atoms with Crippen molar-refractivity contribution >= 4 is 6.09 Å². The van der Waals surface area contributed by atoms with E-state index in [1.165, 1.54) is 7.11 Å². The molecule has 1 aliphatic rings. The van der Waals surface area contributed by atoms with Crippen LogP contribution in [0, 0.1) is 0 Å². The summed E-state index contributed by atoms with van der Waals surface area (Å²) >= 11 is 0. The molecule has 0 saturated carbocycles. The molecule has 1 rings (SSSR count). The average molecular weight is 405 g/mol. The molecule has 1 amide bonds. The summed E-state index contributed by atoms with van der Waals surface area (Å²) in [7, 11) is 1.38. The van der Waals surface area contributed by atoms with Crippen molar-refractivity contribution in [2.45, 2.75) is 39.1 Å². The largest absolute Gasteiger partial charge is 0.453 e. The topological polar surface area (TPSA) is 100.0 Å². The monoisotopic (exact) mass is 404 g/mol. The Bertz CT molecular complexity index is 411. The standard InChI is InChI=1S/C19H40N4O5/c1-16(24)13-20-5-7-21(14-17(2)25)9-11-23(19(27)28-4)12-10-22(8-6-20)15-18(3)26/h16-18,24-26H,5-15H2,1-4H3. The molecule has 166 valence electrons. The third-order valence-corrected chi connectivity index (χ3v) is 4.84. The van der Waals surface area contributed by atoms with Crippen molar-refractivity contribution in [3.8, 4) is 0 Å². The Hall–Kier alpha value is -0.970. The van der Waals surface area contributed by atoms with Gasteiger partial charge in [-0.3, -0.25) is 14.7 Å². The van der Waals surface area contributed by atoms with Crippen molar-refractivity contribution in [3.63, 3.8) is 0 Å². The van der Waals surface area contributed by atoms with Gasteiger partial charge in [0.15, 0.2) is 0 Å². The van der Waals surface area contributed by atoms with Crippen LogP contribution in [0.25, 0.3) is 0 Å². The number of nitrogens with zero attached hydrogens (tertiary/aromatic N) is 4. The van der Waals surface area contributed by atoms with Gasteiger partial charge in [0, 0.05) is 72.0 Å². The molecule has 0 radical (unpaired) electrons. The summed E-state index contributed by atoms with van der Waals surface area (Å²) < 4.78 is 4.92. The highest BCUT2D eigenvalue weighted by molar-refractivity contribution is 5.67. The van der Waals surface area contributed by atoms with Crippen molar-refractivity contribution in [2.75, 3.05) is 79.1 Å². The number of ether oxygens (including phenoxy) is 1. The lowest BCUT2D eigenvalue weighted by Gasteiger charge is -2.34. The van der Waals surface area contributed by atoms with Crippen LogP contribution in [0.15, 0.2) is 0 Å². The van der Waals surface area contributed by atoms with E-state index in [0.717, 1.165) is 26.2 Å². The zero-order valence-corrected chi connectivity index (χ0v) is 18.0. The predicted octanol–water partition coefficient (Wildman–Crippen LogP) is -0.883. The molecule has 3 unspecified atom stereocenters. The van der Waals surface area contributed by atoms with E-state index in [1.807, 2.05) is 0 Å². The van der Waals surface area contributed by atoms with Gasteiger partial charge >= 0.3 is 6.09 Å². The van der Waals surface area contributed by atoms with Gasteiger partial charge in [0.2, 0.25) is 0 Å². The van der Waals surface area contributed by atoms with E-state index in [0.29, 0.717) is 45.8 Å². The first-order valence-electron chi connectivity index (χ1n) is 10.3. The zero-order chi connectivity index (χ0) is 21.1. The Labute approximate surface area is 169 Å². The van der Waals surface area contributed by atoms with Crippen molar-refractivity contribution in [2.24, 2.45) is 0 Å². The van der Waals surface area contributed by atoms with Gasteiger partial charge in [-0.05, 0) is 20.8 Å². The highest BCUT2D eigenvalue weighted by Crippen LogP contribution is 2.04. The maximum Gasteiger partial charge on any atom is 0.409 e. The molecule has 1 fully saturated rings. The highest BCUT2D eigenvalue weighted by Gasteiger charge is 2.21. The van der Waals surface area contributed by atoms with Crippen LogP contribution in [-0.4, -0.2) is 138 Å². The number of β-amino-alcohol motifs (C(OH)–C–C–N with tert-alkyl or cyclic N) is 3. The first-order chi connectivity index (χ1) is 13.2. The van der Waals surface area contributed by atoms with Gasteiger partial charge in [-0.1, -0.05) is 0 Å². The molecule has 0 aliphatic carbocycles. The van der Waals surface area contributed by atoms with Crippen molar-refractivity contribution < 1.29 is 24.9 Å². The molecule has 28 heavy (non-hydrogen) atoms. The van der Waals surface area contributed by atoms with E-state index in [1.54, 1.807) is 25.7 Å². The fourth-order valence-corrected chi connectivity index (χ4v) is 3.52. The number of hydrogen-bond donors (Lipinski definition) is 3. The molecule has 3 atom stereocenters. The molecule has 1 saturated heterocycles. The molecule has 9 heteroatoms. The van der Waals surface area contributed by atoms with E-state index in [-0.39, 0.29) is 6.09 Å². The Morgan fingerprint density at radius 1 is 0.714 bits per heavy atom. The third-order valence-electron chi connectivity index (χ3n) is 4.84. The van der Waals surface area contributed by atoms with Crippen LogP contribution in [0.3, 0.4) is 0 Å². The minimum absolute atomic E-state index is 0.359. The molecule has 1 heterocycles. The molecule has 0 aromatic rings. The minimum atomic E-state index is -0.453. The van der Waals surface area contributed by atoms with E-state index in [9.17, 15) is 20.1 Å². The number of aliphatic hydroxyl groups excluding tert-OH is 3. The van der Waals surface area contributed by atoms with Gasteiger partial charge in [0.1, 0.15) is 0 Å². The van der Waals surface area contributed by atoms with Crippen LogP contribution in [0.4, 0.5) is 4.79 Å². The summed E-state index contributed by atoms with van der Waals surface area (Å²) in [5.41, 5.74) is 0. The summed E-state index contributed by atoms with van der Waals surface area (Å²) in [5, 5.41) is 29.5. The number of carbonyl (C=O) groups excluding carboxylic acids is 1. The quantitative estimate of drug-likeness (QED) is 0.525. The van der Waals surface area contributed by atoms with Crippen LogP contribution < -0.4 is 0 Å². The summed E-state index contributed by atoms with van der Waals surface area (Å²) in [4.78, 5) is 20.3. The van der Waals surface area contributed by atoms with Crippen molar-refractivity contribution in [1.29, 1.82) is 0 Å². The predicted molar refractivity (Wildman–Crippen MR) is 108 cm³/mol. The Morgan fingerprint density at radius 2 is 1.00 bits per heavy atom. The van der Waals surface area contributed by atoms with Gasteiger partial charge in [0.05, 0.1) is 25.4 Å². The van der Waals surface area contributed by atoms with Gasteiger partial charge < -0.3 is 25.0 Å². The lowest BCUT2D eigenvalue weighted by molar-refractivity contribution is 0.0631. The molecule has 9 nitrogen and oxygen atoms in total. The Kier molecular flexibility index (Phi) is 11.9. The zero-order valence-electron chi connectivity index (χ0n) is 18.0. The lowest BCUT2D eigenvalue weighted by Crippen LogP contribution is -2.49. The van der Waals surface area contributed by atoms with Gasteiger partial charge in [-0.2, -0.15) is 0 Å². The summed E-state index contributed by atoms with van der Waals surface area (Å²) in [5.74, 6) is 0. The maximum atomic E-state index is 12.1. The first kappa shape index (κ1) is 25.1. The molecule has 0 spiro atoms. The second-order valence-electron chi connectivity index (χ2n) is 7.91. The first-order valence-corrected chi connectivity index (χ1v) is 10.3. The Balaban J connectivity index is 2.89. The number of methoxy groups -OCH3 is 1. The minimum Gasteiger partial charge on any atom is -0.453 e. The lowest BCUT2D eigenvalue weighted by atomic mass is 10.2. The normalized spacial score (nSPS) is 22.8. The van der Waals surface area contributed by atoms with E-state index in [2.05, 4.69) is 14.7 Å². The Morgan fingerprint density at radius 3 is 1.25 bits per heavy atom. The summed E-state index contributed by atoms with van der Waals surface area (Å²) in [6.07, 6.45) is -1.68. The summed E-state index contributed by atoms with van der Waals surface area (Å²) in [6, 6.07) is 0. The van der Waals surface area contributed by atoms with Crippen molar-refractivity contribution in [1.82, 2.24) is 19.6 Å². The number of amides is 1. The van der Waals surface area contributed by atoms with E-state index >= 15 is 0 Å². The fraction of sp³-hybridized carbons (Fsp3) is 0.947. The van der Waals surface area contributed by atoms with E-state index in [4.69, 9.17) is 4.74 Å². The molecule has 3 N–H and O–H groups in total. The maximum absolute atomic E-state index is 12.1. The molecule has 0 bridgehead atoms. The highest BCUT2D eigenvalue weighted by atomic mass is 16.5. The van der Waals surface area contributed by atoms with Crippen LogP contribution in [0.1, 0.15) is 20.8 Å². The number of hydrogen-bond acceptors (Lipinski definition) is 8. The van der Waals surface area contributed by atoms with E-state index < -0.39 is 18.3 Å².